The smallest absolute Gasteiger partial charge is 0.307 e. The summed E-state index contributed by atoms with van der Waals surface area (Å²) in [5.41, 5.74) is -1.85. The molecule has 0 saturated carbocycles. The van der Waals surface area contributed by atoms with Crippen LogP contribution in [0.4, 0.5) is 5.69 Å². The number of anilines is 1. The standard InChI is InChI=1S/C44H50N2O12/c1-19-13-11-14-20(2)43(53)46-35-38(51)31-30(34-41(35)57-29-16-12-15-27(48)33(29)45-34)32-40(25(7)37(31)50)58-44(9,42(32)52)55-18-17-28(54-10)24(6)39(56-26(8)47)23(5)21(3)22(4)36(19)49/h11-19,21-24,28,36,39,49-50,52H,1-10H3,(H,46,53)/b13-11+,18-17+,20-14-/t19-,21+,22-,23+,24+,28-,36-,39-,44-/m0/s1. The highest BCUT2D eigenvalue weighted by Crippen LogP contribution is 2.42. The number of phenols is 1. The van der Waals surface area contributed by atoms with Crippen LogP contribution in [0.2, 0.25) is 0 Å². The Kier molecular flexibility index (Phi) is 11.5. The second-order valence-electron chi connectivity index (χ2n) is 15.7. The second-order valence-corrected chi connectivity index (χ2v) is 15.7. The Morgan fingerprint density at radius 1 is 0.948 bits per heavy atom. The molecule has 14 nitrogen and oxygen atoms in total. The van der Waals surface area contributed by atoms with Crippen LogP contribution >= 0.6 is 0 Å². The lowest BCUT2D eigenvalue weighted by Gasteiger charge is -2.39. The zero-order valence-electron chi connectivity index (χ0n) is 34.2. The van der Waals surface area contributed by atoms with Crippen molar-refractivity contribution in [1.82, 2.24) is 4.98 Å². The lowest BCUT2D eigenvalue weighted by molar-refractivity contribution is -0.157. The second kappa shape index (κ2) is 15.9. The fourth-order valence-electron chi connectivity index (χ4n) is 8.03. The van der Waals surface area contributed by atoms with Crippen molar-refractivity contribution < 1.29 is 48.3 Å². The summed E-state index contributed by atoms with van der Waals surface area (Å²) in [5, 5.41) is 37.3. The van der Waals surface area contributed by atoms with Gasteiger partial charge in [-0.1, -0.05) is 58.9 Å². The minimum absolute atomic E-state index is 0.0239. The van der Waals surface area contributed by atoms with E-state index in [1.165, 1.54) is 65.3 Å². The van der Waals surface area contributed by atoms with Crippen LogP contribution in [0.15, 0.2) is 68.3 Å². The Balaban J connectivity index is 1.63. The van der Waals surface area contributed by atoms with Crippen molar-refractivity contribution in [2.75, 3.05) is 12.4 Å². The monoisotopic (exact) mass is 798 g/mol. The number of carbonyl (C=O) groups is 2. The molecular weight excluding hydrogens is 748 g/mol. The number of nitrogens with zero attached hydrogens (tertiary/aromatic N) is 1. The van der Waals surface area contributed by atoms with Crippen LogP contribution in [0.1, 0.15) is 61.0 Å². The molecule has 3 heterocycles. The van der Waals surface area contributed by atoms with Crippen molar-refractivity contribution in [2.45, 2.75) is 86.4 Å². The highest BCUT2D eigenvalue weighted by Gasteiger charge is 2.44. The molecule has 58 heavy (non-hydrogen) atoms. The number of aliphatic hydroxyl groups excluding tert-OH is 2. The number of aromatic nitrogens is 1. The normalized spacial score (nSPS) is 30.4. The van der Waals surface area contributed by atoms with E-state index in [9.17, 15) is 34.5 Å². The van der Waals surface area contributed by atoms with Crippen molar-refractivity contribution in [3.63, 3.8) is 0 Å². The van der Waals surface area contributed by atoms with Gasteiger partial charge in [-0.2, -0.15) is 0 Å². The number of phenolic OH excluding ortho intramolecular Hbond substituents is 1. The molecule has 0 unspecified atom stereocenters. The van der Waals surface area contributed by atoms with Gasteiger partial charge in [0.2, 0.25) is 10.9 Å². The number of nitrogens with one attached hydrogen (secondary N) is 1. The summed E-state index contributed by atoms with van der Waals surface area (Å²) in [4.78, 5) is 58.3. The maximum Gasteiger partial charge on any atom is 0.307 e. The van der Waals surface area contributed by atoms with Crippen molar-refractivity contribution in [3.05, 3.63) is 85.6 Å². The van der Waals surface area contributed by atoms with E-state index in [0.717, 1.165) is 0 Å². The van der Waals surface area contributed by atoms with E-state index in [0.29, 0.717) is 0 Å². The van der Waals surface area contributed by atoms with E-state index in [4.69, 9.17) is 23.4 Å². The molecule has 1 amide bonds. The van der Waals surface area contributed by atoms with Gasteiger partial charge in [-0.3, -0.25) is 19.2 Å². The molecule has 2 aliphatic heterocycles. The predicted octanol–water partition coefficient (Wildman–Crippen LogP) is 5.84. The molecule has 14 heteroatoms. The number of esters is 1. The molecule has 4 bridgehead atoms. The van der Waals surface area contributed by atoms with E-state index in [1.807, 2.05) is 34.6 Å². The summed E-state index contributed by atoms with van der Waals surface area (Å²) in [7, 11) is 1.50. The molecule has 0 saturated heterocycles. The third kappa shape index (κ3) is 7.19. The van der Waals surface area contributed by atoms with Crippen LogP contribution in [0.5, 0.6) is 11.5 Å². The zero-order valence-corrected chi connectivity index (χ0v) is 34.2. The highest BCUT2D eigenvalue weighted by atomic mass is 16.7. The molecule has 308 valence electrons. The molecule has 0 aliphatic carbocycles. The number of allylic oxidation sites excluding steroid dienone is 2. The van der Waals surface area contributed by atoms with Gasteiger partial charge in [0.1, 0.15) is 28.8 Å². The number of aromatic hydroxyl groups is 1. The first-order valence-corrected chi connectivity index (χ1v) is 19.2. The van der Waals surface area contributed by atoms with Gasteiger partial charge in [0.25, 0.3) is 5.91 Å². The number of methoxy groups -OCH3 is 1. The molecule has 0 radical (unpaired) electrons. The topological polar surface area (TPSA) is 204 Å². The molecule has 4 aromatic rings. The van der Waals surface area contributed by atoms with Crippen molar-refractivity contribution in [2.24, 2.45) is 29.6 Å². The first-order valence-electron chi connectivity index (χ1n) is 19.2. The zero-order chi connectivity index (χ0) is 42.5. The molecule has 3 aromatic carbocycles. The van der Waals surface area contributed by atoms with Gasteiger partial charge in [0, 0.05) is 49.3 Å². The maximum atomic E-state index is 14.5. The lowest BCUT2D eigenvalue weighted by atomic mass is 9.73. The molecular formula is C44H50N2O12. The fraction of sp³-hybridized carbons (Fsp3) is 0.432. The van der Waals surface area contributed by atoms with Crippen LogP contribution in [0.25, 0.3) is 38.7 Å². The fourth-order valence-corrected chi connectivity index (χ4v) is 8.03. The van der Waals surface area contributed by atoms with Crippen LogP contribution in [-0.2, 0) is 23.8 Å². The summed E-state index contributed by atoms with van der Waals surface area (Å²) in [6.07, 6.45) is 5.67. The molecule has 0 fully saturated rings. The quantitative estimate of drug-likeness (QED) is 0.107. The van der Waals surface area contributed by atoms with Gasteiger partial charge in [0.05, 0.1) is 29.1 Å². The van der Waals surface area contributed by atoms with Gasteiger partial charge in [-0.15, -0.1) is 0 Å². The Bertz CT molecular complexity index is 2590. The SMILES string of the molecule is CO[C@H]1/C=C/O[C@@]2(C)Oc3c(C)c(O)c4c(=O)c(c5oc6cccc(=O)c6nc5c4c3=C2O)NC(=O)/C(C)=C\C=C\[C@H](C)[C@H](O)[C@@H](C)[C@@H](C)[C@@H](C)[C@H](OC(C)=O)[C@@H]1C. The van der Waals surface area contributed by atoms with Crippen molar-refractivity contribution in [3.8, 4) is 11.5 Å². The van der Waals surface area contributed by atoms with E-state index >= 15 is 0 Å². The molecule has 6 rings (SSSR count). The van der Waals surface area contributed by atoms with E-state index in [2.05, 4.69) is 10.3 Å². The number of amides is 1. The summed E-state index contributed by atoms with van der Waals surface area (Å²) in [6.45, 7) is 15.4. The third-order valence-electron chi connectivity index (χ3n) is 11.9. The first-order chi connectivity index (χ1) is 27.3. The van der Waals surface area contributed by atoms with E-state index in [-0.39, 0.29) is 84.4 Å². The highest BCUT2D eigenvalue weighted by molar-refractivity contribution is 6.16. The molecule has 0 spiro atoms. The number of benzene rings is 3. The summed E-state index contributed by atoms with van der Waals surface area (Å²) < 4.78 is 30.2. The van der Waals surface area contributed by atoms with Gasteiger partial charge >= 0.3 is 11.8 Å². The average molecular weight is 799 g/mol. The Morgan fingerprint density at radius 2 is 1.66 bits per heavy atom. The van der Waals surface area contributed by atoms with Gasteiger partial charge < -0.3 is 44.0 Å². The molecule has 2 aliphatic rings. The minimum Gasteiger partial charge on any atom is -0.507 e. The maximum absolute atomic E-state index is 14.5. The summed E-state index contributed by atoms with van der Waals surface area (Å²) in [5.74, 6) is -5.55. The number of hydrogen-bond donors (Lipinski definition) is 4. The molecule has 4 N–H and O–H groups in total. The minimum atomic E-state index is -1.92. The molecule has 9 atom stereocenters. The van der Waals surface area contributed by atoms with Gasteiger partial charge in [-0.05, 0) is 49.8 Å². The molecule has 1 aromatic heterocycles. The number of aliphatic hydroxyl groups is 2. The number of fused-ring (bicyclic) bond motifs is 2. The Hall–Kier alpha value is -5.73. The number of carbonyl (C=O) groups excluding carboxylic acids is 2. The van der Waals surface area contributed by atoms with Crippen LogP contribution in [-0.4, -0.2) is 63.4 Å². The number of ether oxygens (including phenoxy) is 4. The van der Waals surface area contributed by atoms with E-state index < -0.39 is 64.3 Å². The largest absolute Gasteiger partial charge is 0.507 e. The lowest BCUT2D eigenvalue weighted by Crippen LogP contribution is -2.43. The third-order valence-corrected chi connectivity index (χ3v) is 11.9. The first kappa shape index (κ1) is 41.9. The van der Waals surface area contributed by atoms with Crippen molar-refractivity contribution >= 4 is 56.3 Å². The van der Waals surface area contributed by atoms with E-state index in [1.54, 1.807) is 18.2 Å². The number of para-hydroxylation sites is 1. The van der Waals surface area contributed by atoms with Crippen LogP contribution in [0, 0.1) is 36.5 Å². The van der Waals surface area contributed by atoms with Gasteiger partial charge in [0.15, 0.2) is 22.4 Å². The average Bonchev–Trinajstić information content (AvgIpc) is 3.45. The summed E-state index contributed by atoms with van der Waals surface area (Å²) >= 11 is 0. The van der Waals surface area contributed by atoms with Crippen molar-refractivity contribution in [1.29, 1.82) is 0 Å². The van der Waals surface area contributed by atoms with Crippen LogP contribution in [0.3, 0.4) is 0 Å². The Labute approximate surface area is 334 Å². The summed E-state index contributed by atoms with van der Waals surface area (Å²) in [6, 6.07) is 4.23. The van der Waals surface area contributed by atoms with Crippen LogP contribution < -0.4 is 26.1 Å². The Morgan fingerprint density at radius 3 is 2.33 bits per heavy atom. The number of rotatable bonds is 2. The predicted molar refractivity (Wildman–Crippen MR) is 218 cm³/mol. The number of hydrogen-bond acceptors (Lipinski definition) is 13. The van der Waals surface area contributed by atoms with Gasteiger partial charge in [-0.25, -0.2) is 4.98 Å².